The summed E-state index contributed by atoms with van der Waals surface area (Å²) in [5, 5.41) is 16.7. The summed E-state index contributed by atoms with van der Waals surface area (Å²) in [6.07, 6.45) is 6.20. The maximum Gasteiger partial charge on any atom is 0.251 e. The summed E-state index contributed by atoms with van der Waals surface area (Å²) in [6.45, 7) is 1.38. The molecule has 2 aliphatic rings. The number of rotatable bonds is 5. The number of aryl methyl sites for hydroxylation is 2. The molecule has 1 saturated carbocycles. The van der Waals surface area contributed by atoms with Gasteiger partial charge in [-0.15, -0.1) is 10.2 Å². The van der Waals surface area contributed by atoms with Crippen LogP contribution < -0.4 is 5.32 Å². The van der Waals surface area contributed by atoms with Crippen molar-refractivity contribution in [1.29, 1.82) is 0 Å². The molecule has 35 heavy (non-hydrogen) atoms. The topological polar surface area (TPSA) is 78.4 Å². The highest BCUT2D eigenvalue weighted by molar-refractivity contribution is 6.33. The van der Waals surface area contributed by atoms with Crippen molar-refractivity contribution in [3.05, 3.63) is 47.6 Å². The molecule has 5 heterocycles. The fraction of sp³-hybridized carbons (Fsp3) is 0.417. The van der Waals surface area contributed by atoms with E-state index in [0.29, 0.717) is 41.9 Å². The lowest BCUT2D eigenvalue weighted by atomic mass is 9.85. The van der Waals surface area contributed by atoms with Crippen molar-refractivity contribution in [2.75, 3.05) is 5.32 Å². The average molecular weight is 499 g/mol. The Balaban J connectivity index is 1.40. The molecule has 4 aromatic rings. The van der Waals surface area contributed by atoms with Gasteiger partial charge < -0.3 is 14.5 Å². The Morgan fingerprint density at radius 2 is 1.94 bits per heavy atom. The van der Waals surface area contributed by atoms with Crippen molar-refractivity contribution < 1.29 is 8.78 Å². The predicted molar refractivity (Wildman–Crippen MR) is 129 cm³/mol. The minimum absolute atomic E-state index is 0.431. The molecule has 6 rings (SSSR count). The molecule has 1 N–H and O–H groups in total. The number of nitrogens with one attached hydrogen (secondary N) is 1. The first kappa shape index (κ1) is 22.2. The zero-order valence-corrected chi connectivity index (χ0v) is 20.0. The first-order chi connectivity index (χ1) is 17.0. The largest absolute Gasteiger partial charge is 0.344 e. The van der Waals surface area contributed by atoms with Gasteiger partial charge in [-0.3, -0.25) is 4.68 Å². The van der Waals surface area contributed by atoms with Crippen LogP contribution in [0.3, 0.4) is 0 Å². The van der Waals surface area contributed by atoms with E-state index >= 15 is 0 Å². The highest BCUT2D eigenvalue weighted by atomic mass is 35.5. The van der Waals surface area contributed by atoms with Crippen molar-refractivity contribution in [3.63, 3.8) is 0 Å². The number of aromatic nitrogens is 7. The maximum atomic E-state index is 14.3. The van der Waals surface area contributed by atoms with E-state index in [9.17, 15) is 8.78 Å². The van der Waals surface area contributed by atoms with Gasteiger partial charge in [-0.25, -0.2) is 13.8 Å². The Hall–Kier alpha value is -3.27. The van der Waals surface area contributed by atoms with Gasteiger partial charge in [-0.05, 0) is 31.4 Å². The second-order valence-electron chi connectivity index (χ2n) is 9.34. The lowest BCUT2D eigenvalue weighted by molar-refractivity contribution is 0.0448. The summed E-state index contributed by atoms with van der Waals surface area (Å²) < 4.78 is 34.3. The first-order valence-corrected chi connectivity index (χ1v) is 12.2. The second kappa shape index (κ2) is 8.44. The van der Waals surface area contributed by atoms with Crippen molar-refractivity contribution in [1.82, 2.24) is 34.1 Å². The van der Waals surface area contributed by atoms with Gasteiger partial charge in [0, 0.05) is 49.7 Å². The van der Waals surface area contributed by atoms with Crippen LogP contribution in [0.25, 0.3) is 22.6 Å². The first-order valence-electron chi connectivity index (χ1n) is 11.8. The summed E-state index contributed by atoms with van der Waals surface area (Å²) >= 11 is 6.55. The van der Waals surface area contributed by atoms with Crippen LogP contribution in [0.5, 0.6) is 0 Å². The van der Waals surface area contributed by atoms with Crippen LogP contribution in [0.4, 0.5) is 20.4 Å². The average Bonchev–Trinajstić information content (AvgIpc) is 3.62. The third kappa shape index (κ3) is 3.62. The molecular formula is C24H25ClF2N8. The maximum absolute atomic E-state index is 14.3. The molecule has 1 fully saturated rings. The minimum atomic E-state index is -2.45. The van der Waals surface area contributed by atoms with E-state index in [1.807, 2.05) is 36.0 Å². The molecule has 0 saturated heterocycles. The predicted octanol–water partition coefficient (Wildman–Crippen LogP) is 5.42. The number of anilines is 2. The standard InChI is InChI=1S/C24H25ClF2N8/c1-33-20(5-8-29-33)30-19-12-16(17(25)13-28-19)15-11-18-21-31-32-23(24(22(26)27)6-2-3-7-24)35(21)10-4-9-34(18)14-15/h5,8,11-14,22H,2-4,6-7,9-10H2,1H3,(H,28,30). The van der Waals surface area contributed by atoms with E-state index in [-0.39, 0.29) is 0 Å². The summed E-state index contributed by atoms with van der Waals surface area (Å²) in [5.41, 5.74) is 1.38. The molecular weight excluding hydrogens is 474 g/mol. The lowest BCUT2D eigenvalue weighted by Gasteiger charge is -2.27. The molecule has 1 aliphatic heterocycles. The SMILES string of the molecule is Cn1nccc1Nc1cc(-c2cc3n(c2)CCCn2c-3nnc2C2(C(F)F)CCCC2)c(Cl)cn1. The number of hydrogen-bond donors (Lipinski definition) is 1. The van der Waals surface area contributed by atoms with Crippen LogP contribution in [0.2, 0.25) is 5.02 Å². The lowest BCUT2D eigenvalue weighted by Crippen LogP contribution is -2.34. The molecule has 0 atom stereocenters. The number of pyridine rings is 1. The number of hydrogen-bond acceptors (Lipinski definition) is 5. The number of halogens is 3. The van der Waals surface area contributed by atoms with Gasteiger partial charge in [0.05, 0.1) is 22.3 Å². The molecule has 0 amide bonds. The third-order valence-electron chi connectivity index (χ3n) is 7.26. The Morgan fingerprint density at radius 1 is 1.11 bits per heavy atom. The van der Waals surface area contributed by atoms with Gasteiger partial charge in [-0.2, -0.15) is 5.10 Å². The second-order valence-corrected chi connectivity index (χ2v) is 9.75. The third-order valence-corrected chi connectivity index (χ3v) is 7.56. The van der Waals surface area contributed by atoms with Crippen LogP contribution in [-0.2, 0) is 25.6 Å². The van der Waals surface area contributed by atoms with Crippen LogP contribution in [0.1, 0.15) is 37.9 Å². The highest BCUT2D eigenvalue weighted by Gasteiger charge is 2.48. The van der Waals surface area contributed by atoms with Gasteiger partial charge in [0.1, 0.15) is 17.5 Å². The molecule has 0 aromatic carbocycles. The fourth-order valence-electron chi connectivity index (χ4n) is 5.40. The van der Waals surface area contributed by atoms with E-state index in [2.05, 4.69) is 30.2 Å². The summed E-state index contributed by atoms with van der Waals surface area (Å²) in [4.78, 5) is 4.40. The van der Waals surface area contributed by atoms with Crippen molar-refractivity contribution in [2.24, 2.45) is 7.05 Å². The fourth-order valence-corrected chi connectivity index (χ4v) is 5.62. The number of fused-ring (bicyclic) bond motifs is 3. The summed E-state index contributed by atoms with van der Waals surface area (Å²) in [7, 11) is 1.85. The minimum Gasteiger partial charge on any atom is -0.344 e. The number of nitrogens with zero attached hydrogens (tertiary/aromatic N) is 7. The smallest absolute Gasteiger partial charge is 0.251 e. The Morgan fingerprint density at radius 3 is 2.69 bits per heavy atom. The van der Waals surface area contributed by atoms with Gasteiger partial charge in [0.15, 0.2) is 5.82 Å². The molecule has 1 aliphatic carbocycles. The van der Waals surface area contributed by atoms with Crippen LogP contribution in [0, 0.1) is 0 Å². The molecule has 0 bridgehead atoms. The van der Waals surface area contributed by atoms with Gasteiger partial charge >= 0.3 is 0 Å². The Kier molecular flexibility index (Phi) is 5.36. The van der Waals surface area contributed by atoms with E-state index in [1.54, 1.807) is 17.1 Å². The molecule has 182 valence electrons. The van der Waals surface area contributed by atoms with Crippen molar-refractivity contribution in [2.45, 2.75) is 57.0 Å². The quantitative estimate of drug-likeness (QED) is 0.397. The van der Waals surface area contributed by atoms with Gasteiger partial charge in [0.25, 0.3) is 6.43 Å². The van der Waals surface area contributed by atoms with E-state index < -0.39 is 11.8 Å². The van der Waals surface area contributed by atoms with Gasteiger partial charge in [-0.1, -0.05) is 24.4 Å². The summed E-state index contributed by atoms with van der Waals surface area (Å²) in [6, 6.07) is 5.76. The Bertz CT molecular complexity index is 1380. The Labute approximate surface area is 205 Å². The van der Waals surface area contributed by atoms with E-state index in [1.165, 1.54) is 0 Å². The van der Waals surface area contributed by atoms with Crippen LogP contribution >= 0.6 is 11.6 Å². The number of alkyl halides is 2. The zero-order valence-electron chi connectivity index (χ0n) is 19.3. The van der Waals surface area contributed by atoms with Crippen LogP contribution in [-0.4, -0.2) is 40.5 Å². The molecule has 0 radical (unpaired) electrons. The van der Waals surface area contributed by atoms with Crippen molar-refractivity contribution in [3.8, 4) is 22.6 Å². The van der Waals surface area contributed by atoms with E-state index in [4.69, 9.17) is 11.6 Å². The molecule has 8 nitrogen and oxygen atoms in total. The molecule has 4 aromatic heterocycles. The monoisotopic (exact) mass is 498 g/mol. The van der Waals surface area contributed by atoms with Gasteiger partial charge in [0.2, 0.25) is 0 Å². The zero-order chi connectivity index (χ0) is 24.2. The van der Waals surface area contributed by atoms with Crippen molar-refractivity contribution >= 4 is 23.2 Å². The van der Waals surface area contributed by atoms with Crippen LogP contribution in [0.15, 0.2) is 36.8 Å². The molecule has 0 spiro atoms. The normalized spacial score (nSPS) is 16.8. The molecule has 0 unspecified atom stereocenters. The van der Waals surface area contributed by atoms with E-state index in [0.717, 1.165) is 48.4 Å². The summed E-state index contributed by atoms with van der Waals surface area (Å²) in [5.74, 6) is 2.51. The molecule has 11 heteroatoms. The highest BCUT2D eigenvalue weighted by Crippen LogP contribution is 2.46.